The lowest BCUT2D eigenvalue weighted by Gasteiger charge is -2.09. The van der Waals surface area contributed by atoms with Crippen LogP contribution >= 0.6 is 12.2 Å². The molecule has 13 heteroatoms. The summed E-state index contributed by atoms with van der Waals surface area (Å²) in [5, 5.41) is 21.9. The molecule has 6 N–H and O–H groups in total. The molecule has 0 spiro atoms. The van der Waals surface area contributed by atoms with Crippen molar-refractivity contribution in [2.45, 2.75) is 12.6 Å². The van der Waals surface area contributed by atoms with E-state index in [0.29, 0.717) is 44.6 Å². The molecule has 0 aromatic rings. The number of ether oxygens (including phenoxy) is 2. The Labute approximate surface area is 147 Å². The molecule has 0 saturated carbocycles. The molecule has 0 radical (unpaired) electrons. The third-order valence-electron chi connectivity index (χ3n) is 2.04. The molecule has 0 aliphatic rings. The molecule has 0 bridgehead atoms. The van der Waals surface area contributed by atoms with Gasteiger partial charge in [-0.1, -0.05) is 0 Å². The van der Waals surface area contributed by atoms with Gasteiger partial charge >= 0.3 is 18.1 Å². The Bertz CT molecular complexity index is 399. The van der Waals surface area contributed by atoms with Crippen LogP contribution in [0.1, 0.15) is 6.42 Å². The van der Waals surface area contributed by atoms with Crippen molar-refractivity contribution in [1.29, 1.82) is 0 Å². The average Bonchev–Trinajstić information content (AvgIpc) is 2.50. The molecule has 148 valence electrons. The zero-order valence-corrected chi connectivity index (χ0v) is 14.1. The normalized spacial score (nSPS) is 10.4. The van der Waals surface area contributed by atoms with Gasteiger partial charge in [0.1, 0.15) is 0 Å². The number of halogens is 3. The number of hydrogen-bond acceptors (Lipinski definition) is 6. The Kier molecular flexibility index (Phi) is 16.1. The smallest absolute Gasteiger partial charge is 0.481 e. The molecule has 0 aromatic carbocycles. The Morgan fingerprint density at radius 3 is 1.92 bits per heavy atom. The average molecular weight is 393 g/mol. The van der Waals surface area contributed by atoms with Gasteiger partial charge in [-0.25, -0.2) is 4.79 Å². The molecule has 0 atom stereocenters. The first-order valence-electron chi connectivity index (χ1n) is 7.00. The summed E-state index contributed by atoms with van der Waals surface area (Å²) in [6.07, 6.45) is -5.07. The molecule has 0 saturated heterocycles. The SMILES string of the molecule is NCCNC(=S)NCCOCCOCCC(=O)O.O=C(O)C(F)(F)F. The van der Waals surface area contributed by atoms with Gasteiger partial charge in [-0.05, 0) is 12.2 Å². The van der Waals surface area contributed by atoms with Crippen LogP contribution in [0.4, 0.5) is 13.2 Å². The third kappa shape index (κ3) is 22.3. The van der Waals surface area contributed by atoms with Gasteiger partial charge in [-0.3, -0.25) is 4.79 Å². The number of nitrogens with two attached hydrogens (primary N) is 1. The van der Waals surface area contributed by atoms with Crippen molar-refractivity contribution in [3.63, 3.8) is 0 Å². The highest BCUT2D eigenvalue weighted by molar-refractivity contribution is 7.80. The number of alkyl halides is 3. The van der Waals surface area contributed by atoms with Crippen molar-refractivity contribution in [3.05, 3.63) is 0 Å². The maximum Gasteiger partial charge on any atom is 0.490 e. The van der Waals surface area contributed by atoms with Crippen LogP contribution in [0.2, 0.25) is 0 Å². The zero-order valence-electron chi connectivity index (χ0n) is 13.3. The molecule has 0 fully saturated rings. The van der Waals surface area contributed by atoms with E-state index < -0.39 is 18.1 Å². The minimum Gasteiger partial charge on any atom is -0.481 e. The van der Waals surface area contributed by atoms with Gasteiger partial charge in [0.25, 0.3) is 0 Å². The van der Waals surface area contributed by atoms with E-state index in [1.54, 1.807) is 0 Å². The third-order valence-corrected chi connectivity index (χ3v) is 2.33. The van der Waals surface area contributed by atoms with Gasteiger partial charge in [0.15, 0.2) is 5.11 Å². The number of rotatable bonds is 11. The number of hydrogen-bond donors (Lipinski definition) is 5. The summed E-state index contributed by atoms with van der Waals surface area (Å²) in [6.45, 7) is 3.33. The van der Waals surface area contributed by atoms with Gasteiger partial charge < -0.3 is 36.1 Å². The standard InChI is InChI=1S/C10H21N3O4S.C2HF3O2/c11-2-3-12-10(18)13-4-6-17-8-7-16-5-1-9(14)15;3-2(4,5)1(6)7/h1-8,11H2,(H,14,15)(H2,12,13,18);(H,6,7). The predicted molar refractivity (Wildman–Crippen MR) is 85.2 cm³/mol. The summed E-state index contributed by atoms with van der Waals surface area (Å²) >= 11 is 4.97. The van der Waals surface area contributed by atoms with E-state index >= 15 is 0 Å². The van der Waals surface area contributed by atoms with Crippen molar-refractivity contribution in [2.24, 2.45) is 5.73 Å². The Morgan fingerprint density at radius 1 is 1.00 bits per heavy atom. The monoisotopic (exact) mass is 393 g/mol. The summed E-state index contributed by atoms with van der Waals surface area (Å²) in [5.74, 6) is -3.62. The van der Waals surface area contributed by atoms with E-state index in [-0.39, 0.29) is 13.0 Å². The molecule has 0 heterocycles. The van der Waals surface area contributed by atoms with Crippen LogP contribution in [0.25, 0.3) is 0 Å². The van der Waals surface area contributed by atoms with Crippen LogP contribution in [-0.2, 0) is 19.1 Å². The number of carbonyl (C=O) groups is 2. The van der Waals surface area contributed by atoms with Crippen LogP contribution in [0.5, 0.6) is 0 Å². The molecule has 0 aliphatic carbocycles. The lowest BCUT2D eigenvalue weighted by Crippen LogP contribution is -2.39. The summed E-state index contributed by atoms with van der Waals surface area (Å²) in [5.41, 5.74) is 5.30. The van der Waals surface area contributed by atoms with Crippen LogP contribution in [0.3, 0.4) is 0 Å². The zero-order chi connectivity index (χ0) is 19.7. The molecule has 9 nitrogen and oxygen atoms in total. The molecule has 0 rings (SSSR count). The second-order valence-electron chi connectivity index (χ2n) is 4.14. The van der Waals surface area contributed by atoms with E-state index in [1.807, 2.05) is 0 Å². The van der Waals surface area contributed by atoms with Gasteiger partial charge in [0.2, 0.25) is 0 Å². The van der Waals surface area contributed by atoms with Crippen LogP contribution in [0, 0.1) is 0 Å². The van der Waals surface area contributed by atoms with E-state index in [0.717, 1.165) is 0 Å². The minimum atomic E-state index is -5.08. The number of nitrogens with one attached hydrogen (secondary N) is 2. The quantitative estimate of drug-likeness (QED) is 0.231. The summed E-state index contributed by atoms with van der Waals surface area (Å²) in [6, 6.07) is 0. The topological polar surface area (TPSA) is 143 Å². The lowest BCUT2D eigenvalue weighted by atomic mass is 10.5. The fourth-order valence-corrected chi connectivity index (χ4v) is 1.17. The maximum atomic E-state index is 10.6. The molecule has 0 amide bonds. The van der Waals surface area contributed by atoms with E-state index in [1.165, 1.54) is 0 Å². The fraction of sp³-hybridized carbons (Fsp3) is 0.750. The van der Waals surface area contributed by atoms with Crippen molar-refractivity contribution < 1.29 is 42.4 Å². The predicted octanol–water partition coefficient (Wildman–Crippen LogP) is -0.450. The van der Waals surface area contributed by atoms with E-state index in [2.05, 4.69) is 10.6 Å². The van der Waals surface area contributed by atoms with Gasteiger partial charge in [-0.2, -0.15) is 13.2 Å². The Hall–Kier alpha value is -1.70. The van der Waals surface area contributed by atoms with E-state index in [4.69, 9.17) is 42.4 Å². The minimum absolute atomic E-state index is 0.0165. The molecule has 0 aromatic heterocycles. The first-order chi connectivity index (χ1) is 11.6. The highest BCUT2D eigenvalue weighted by Gasteiger charge is 2.38. The highest BCUT2D eigenvalue weighted by Crippen LogP contribution is 2.13. The maximum absolute atomic E-state index is 10.6. The van der Waals surface area contributed by atoms with Crippen LogP contribution in [0.15, 0.2) is 0 Å². The summed E-state index contributed by atoms with van der Waals surface area (Å²) in [4.78, 5) is 19.1. The lowest BCUT2D eigenvalue weighted by molar-refractivity contribution is -0.192. The first kappa shape index (κ1) is 25.5. The fourth-order valence-electron chi connectivity index (χ4n) is 0.966. The summed E-state index contributed by atoms with van der Waals surface area (Å²) in [7, 11) is 0. The number of thiocarbonyl (C=S) groups is 1. The first-order valence-corrected chi connectivity index (χ1v) is 7.41. The molecular weight excluding hydrogens is 371 g/mol. The second kappa shape index (κ2) is 15.8. The van der Waals surface area contributed by atoms with Crippen LogP contribution < -0.4 is 16.4 Å². The van der Waals surface area contributed by atoms with E-state index in [9.17, 15) is 18.0 Å². The highest BCUT2D eigenvalue weighted by atomic mass is 32.1. The Morgan fingerprint density at radius 2 is 1.48 bits per heavy atom. The van der Waals surface area contributed by atoms with Crippen molar-refractivity contribution in [1.82, 2.24) is 10.6 Å². The Balaban J connectivity index is 0. The van der Waals surface area contributed by atoms with Crippen molar-refractivity contribution in [2.75, 3.05) is 46.1 Å². The largest absolute Gasteiger partial charge is 0.490 e. The van der Waals surface area contributed by atoms with Crippen LogP contribution in [-0.4, -0.2) is 79.5 Å². The van der Waals surface area contributed by atoms with Crippen molar-refractivity contribution in [3.8, 4) is 0 Å². The van der Waals surface area contributed by atoms with Gasteiger partial charge in [0.05, 0.1) is 32.8 Å². The number of carboxylic acids is 2. The summed E-state index contributed by atoms with van der Waals surface area (Å²) < 4.78 is 42.0. The van der Waals surface area contributed by atoms with Crippen molar-refractivity contribution >= 4 is 29.3 Å². The molecular formula is C12H22F3N3O6S. The van der Waals surface area contributed by atoms with Gasteiger partial charge in [-0.15, -0.1) is 0 Å². The molecule has 0 aliphatic heterocycles. The molecule has 0 unspecified atom stereocenters. The number of aliphatic carboxylic acids is 2. The number of carboxylic acid groups (broad SMARTS) is 2. The second-order valence-corrected chi connectivity index (χ2v) is 4.55. The van der Waals surface area contributed by atoms with Gasteiger partial charge in [0, 0.05) is 19.6 Å². The molecule has 25 heavy (non-hydrogen) atoms.